The Morgan fingerprint density at radius 1 is 1.03 bits per heavy atom. The number of nitrogens with two attached hydrogens (primary N) is 1. The Kier molecular flexibility index (Phi) is 5.01. The summed E-state index contributed by atoms with van der Waals surface area (Å²) in [6, 6.07) is 16.7. The Bertz CT molecular complexity index is 1330. The number of imidazole rings is 1. The van der Waals surface area contributed by atoms with Crippen LogP contribution in [0.1, 0.15) is 15.2 Å². The van der Waals surface area contributed by atoms with Crippen LogP contribution in [0.3, 0.4) is 0 Å². The van der Waals surface area contributed by atoms with Crippen LogP contribution in [-0.2, 0) is 18.4 Å². The van der Waals surface area contributed by atoms with Gasteiger partial charge in [-0.15, -0.1) is 11.3 Å². The van der Waals surface area contributed by atoms with Gasteiger partial charge in [-0.3, -0.25) is 18.7 Å². The number of amides is 2. The lowest BCUT2D eigenvalue weighted by molar-refractivity contribution is -0.116. The van der Waals surface area contributed by atoms with Gasteiger partial charge in [0.2, 0.25) is 5.91 Å². The van der Waals surface area contributed by atoms with Crippen LogP contribution in [0.5, 0.6) is 0 Å². The standard InChI is InChI=1S/C22H20N4O3S/c1-13-18(14-8-4-3-5-9-14)19(20(23)28)21(30-13)24-17(27)12-26-16-11-7-6-10-15(16)25(2)22(26)29/h3-11H,12H2,1-2H3,(H2,23,28)(H,24,27). The summed E-state index contributed by atoms with van der Waals surface area (Å²) in [7, 11) is 1.67. The van der Waals surface area contributed by atoms with Crippen molar-refractivity contribution in [1.29, 1.82) is 0 Å². The minimum Gasteiger partial charge on any atom is -0.365 e. The molecule has 0 bridgehead atoms. The Morgan fingerprint density at radius 3 is 2.33 bits per heavy atom. The molecule has 2 amide bonds. The molecule has 0 saturated heterocycles. The van der Waals surface area contributed by atoms with E-state index in [1.165, 1.54) is 20.5 Å². The number of aryl methyl sites for hydroxylation is 2. The summed E-state index contributed by atoms with van der Waals surface area (Å²) in [6.07, 6.45) is 0. The number of benzene rings is 2. The van der Waals surface area contributed by atoms with Crippen molar-refractivity contribution in [2.24, 2.45) is 12.8 Å². The molecule has 0 fully saturated rings. The number of carbonyl (C=O) groups is 2. The molecule has 3 N–H and O–H groups in total. The van der Waals surface area contributed by atoms with Crippen LogP contribution >= 0.6 is 11.3 Å². The van der Waals surface area contributed by atoms with E-state index >= 15 is 0 Å². The summed E-state index contributed by atoms with van der Waals surface area (Å²) >= 11 is 1.29. The summed E-state index contributed by atoms with van der Waals surface area (Å²) in [6.45, 7) is 1.71. The molecule has 2 heterocycles. The number of nitrogens with zero attached hydrogens (tertiary/aromatic N) is 2. The summed E-state index contributed by atoms with van der Waals surface area (Å²) in [5.41, 5.74) is 8.63. The third kappa shape index (κ3) is 3.31. The maximum absolute atomic E-state index is 12.8. The minimum atomic E-state index is -0.615. The molecule has 30 heavy (non-hydrogen) atoms. The van der Waals surface area contributed by atoms with Crippen molar-refractivity contribution in [3.05, 3.63) is 75.5 Å². The van der Waals surface area contributed by atoms with Crippen molar-refractivity contribution >= 4 is 39.2 Å². The van der Waals surface area contributed by atoms with Crippen LogP contribution in [0, 0.1) is 6.92 Å². The van der Waals surface area contributed by atoms with Crippen molar-refractivity contribution in [2.45, 2.75) is 13.5 Å². The maximum Gasteiger partial charge on any atom is 0.329 e. The van der Waals surface area contributed by atoms with E-state index in [-0.39, 0.29) is 17.8 Å². The first-order chi connectivity index (χ1) is 14.4. The second-order valence-electron chi connectivity index (χ2n) is 6.93. The number of aromatic nitrogens is 2. The highest BCUT2D eigenvalue weighted by atomic mass is 32.1. The number of anilines is 1. The fourth-order valence-corrected chi connectivity index (χ4v) is 4.74. The van der Waals surface area contributed by atoms with Crippen LogP contribution in [0.15, 0.2) is 59.4 Å². The average Bonchev–Trinajstić information content (AvgIpc) is 3.18. The topological polar surface area (TPSA) is 99.1 Å². The number of hydrogen-bond donors (Lipinski definition) is 2. The van der Waals surface area contributed by atoms with Gasteiger partial charge in [-0.1, -0.05) is 42.5 Å². The van der Waals surface area contributed by atoms with Gasteiger partial charge in [-0.25, -0.2) is 4.79 Å². The van der Waals surface area contributed by atoms with E-state index in [1.807, 2.05) is 55.5 Å². The van der Waals surface area contributed by atoms with Crippen molar-refractivity contribution in [3.8, 4) is 11.1 Å². The molecule has 0 saturated carbocycles. The number of thiophene rings is 1. The summed E-state index contributed by atoms with van der Waals surface area (Å²) < 4.78 is 2.91. The van der Waals surface area contributed by atoms with Crippen molar-refractivity contribution in [1.82, 2.24) is 9.13 Å². The molecule has 2 aromatic heterocycles. The Balaban J connectivity index is 1.69. The van der Waals surface area contributed by atoms with E-state index in [0.717, 1.165) is 16.0 Å². The summed E-state index contributed by atoms with van der Waals surface area (Å²) in [5.74, 6) is -1.02. The first kappa shape index (κ1) is 19.7. The van der Waals surface area contributed by atoms with Crippen LogP contribution in [-0.4, -0.2) is 20.9 Å². The number of carbonyl (C=O) groups excluding carboxylic acids is 2. The van der Waals surface area contributed by atoms with Gasteiger partial charge in [0.05, 0.1) is 16.6 Å². The van der Waals surface area contributed by atoms with Gasteiger partial charge in [0, 0.05) is 17.5 Å². The average molecular weight is 420 g/mol. The van der Waals surface area contributed by atoms with E-state index < -0.39 is 11.8 Å². The van der Waals surface area contributed by atoms with Crippen molar-refractivity contribution < 1.29 is 9.59 Å². The smallest absolute Gasteiger partial charge is 0.329 e. The largest absolute Gasteiger partial charge is 0.365 e. The lowest BCUT2D eigenvalue weighted by Gasteiger charge is -2.08. The van der Waals surface area contributed by atoms with Gasteiger partial charge in [-0.2, -0.15) is 0 Å². The van der Waals surface area contributed by atoms with Crippen LogP contribution < -0.4 is 16.7 Å². The third-order valence-electron chi connectivity index (χ3n) is 5.00. The minimum absolute atomic E-state index is 0.171. The van der Waals surface area contributed by atoms with Crippen LogP contribution in [0.2, 0.25) is 0 Å². The van der Waals surface area contributed by atoms with Crippen molar-refractivity contribution in [2.75, 3.05) is 5.32 Å². The molecule has 0 aliphatic carbocycles. The second-order valence-corrected chi connectivity index (χ2v) is 8.16. The fraction of sp³-hybridized carbons (Fsp3) is 0.136. The molecule has 0 radical (unpaired) electrons. The van der Waals surface area contributed by atoms with E-state index in [4.69, 9.17) is 5.73 Å². The zero-order valence-corrected chi connectivity index (χ0v) is 17.3. The van der Waals surface area contributed by atoms with Gasteiger partial charge in [-0.05, 0) is 24.6 Å². The lowest BCUT2D eigenvalue weighted by Crippen LogP contribution is -2.28. The molecule has 0 aliphatic rings. The normalized spacial score (nSPS) is 11.0. The molecular formula is C22H20N4O3S. The first-order valence-corrected chi connectivity index (χ1v) is 10.1. The fourth-order valence-electron chi connectivity index (χ4n) is 3.65. The van der Waals surface area contributed by atoms with Crippen LogP contribution in [0.25, 0.3) is 22.2 Å². The number of primary amides is 1. The molecule has 7 nitrogen and oxygen atoms in total. The molecule has 8 heteroatoms. The molecule has 0 unspecified atom stereocenters. The molecule has 0 spiro atoms. The molecule has 0 aliphatic heterocycles. The highest BCUT2D eigenvalue weighted by Crippen LogP contribution is 2.39. The van der Waals surface area contributed by atoms with E-state index in [9.17, 15) is 14.4 Å². The highest BCUT2D eigenvalue weighted by Gasteiger charge is 2.23. The van der Waals surface area contributed by atoms with E-state index in [2.05, 4.69) is 5.32 Å². The first-order valence-electron chi connectivity index (χ1n) is 9.31. The number of para-hydroxylation sites is 2. The molecule has 4 rings (SSSR count). The maximum atomic E-state index is 12.8. The van der Waals surface area contributed by atoms with Gasteiger partial charge >= 0.3 is 5.69 Å². The number of hydrogen-bond acceptors (Lipinski definition) is 4. The zero-order valence-electron chi connectivity index (χ0n) is 16.5. The second kappa shape index (κ2) is 7.64. The van der Waals surface area contributed by atoms with Crippen molar-refractivity contribution in [3.63, 3.8) is 0 Å². The Hall–Kier alpha value is -3.65. The molecule has 2 aromatic carbocycles. The number of nitrogens with one attached hydrogen (secondary N) is 1. The quantitative estimate of drug-likeness (QED) is 0.519. The molecular weight excluding hydrogens is 400 g/mol. The molecule has 152 valence electrons. The number of fused-ring (bicyclic) bond motifs is 1. The summed E-state index contributed by atoms with van der Waals surface area (Å²) in [5, 5.41) is 3.17. The lowest BCUT2D eigenvalue weighted by atomic mass is 10.0. The highest BCUT2D eigenvalue weighted by molar-refractivity contribution is 7.17. The predicted octanol–water partition coefficient (Wildman–Crippen LogP) is 3.11. The van der Waals surface area contributed by atoms with E-state index in [0.29, 0.717) is 16.1 Å². The monoisotopic (exact) mass is 420 g/mol. The predicted molar refractivity (Wildman–Crippen MR) is 119 cm³/mol. The zero-order chi connectivity index (χ0) is 21.4. The third-order valence-corrected chi connectivity index (χ3v) is 6.02. The van der Waals surface area contributed by atoms with Gasteiger partial charge in [0.15, 0.2) is 0 Å². The SMILES string of the molecule is Cc1sc(NC(=O)Cn2c(=O)n(C)c3ccccc32)c(C(N)=O)c1-c1ccccc1. The van der Waals surface area contributed by atoms with Crippen LogP contribution in [0.4, 0.5) is 5.00 Å². The Morgan fingerprint density at radius 2 is 1.67 bits per heavy atom. The van der Waals surface area contributed by atoms with Gasteiger partial charge < -0.3 is 11.1 Å². The van der Waals surface area contributed by atoms with E-state index in [1.54, 1.807) is 13.1 Å². The number of rotatable bonds is 5. The summed E-state index contributed by atoms with van der Waals surface area (Å²) in [4.78, 5) is 38.5. The van der Waals surface area contributed by atoms with Gasteiger partial charge in [0.25, 0.3) is 5.91 Å². The Labute approximate surface area is 176 Å². The van der Waals surface area contributed by atoms with Gasteiger partial charge in [0.1, 0.15) is 11.5 Å². The molecule has 0 atom stereocenters. The molecule has 4 aromatic rings.